The maximum atomic E-state index is 11.4. The molecule has 0 aromatic carbocycles. The molecule has 1 aromatic heterocycles. The van der Waals surface area contributed by atoms with E-state index in [0.29, 0.717) is 10.8 Å². The molecule has 0 bridgehead atoms. The van der Waals surface area contributed by atoms with Crippen molar-refractivity contribution in [3.8, 4) is 0 Å². The second kappa shape index (κ2) is 6.00. The monoisotopic (exact) mass is 276 g/mol. The standard InChI is InChI=1S/C8H9ClN4OS2/c9-5-1-2-6(11-3-5)12-4-7(14)13(10)8(15)16/h1-3H,4,10H2,(H,11,12)(H,15,16). The van der Waals surface area contributed by atoms with E-state index < -0.39 is 5.91 Å². The highest BCUT2D eigenvalue weighted by atomic mass is 35.5. The fourth-order valence-corrected chi connectivity index (χ4v) is 1.16. The molecule has 86 valence electrons. The van der Waals surface area contributed by atoms with Crippen molar-refractivity contribution in [2.24, 2.45) is 5.84 Å². The molecule has 0 unspecified atom stereocenters. The topological polar surface area (TPSA) is 71.2 Å². The summed E-state index contributed by atoms with van der Waals surface area (Å²) >= 11 is 14.1. The van der Waals surface area contributed by atoms with Gasteiger partial charge in [-0.2, -0.15) is 0 Å². The number of halogens is 1. The third-order valence-electron chi connectivity index (χ3n) is 1.62. The third-order valence-corrected chi connectivity index (χ3v) is 2.26. The molecule has 0 aliphatic carbocycles. The fourth-order valence-electron chi connectivity index (χ4n) is 0.838. The number of amides is 1. The van der Waals surface area contributed by atoms with Crippen LogP contribution in [0.25, 0.3) is 0 Å². The summed E-state index contributed by atoms with van der Waals surface area (Å²) in [5, 5.41) is 4.07. The van der Waals surface area contributed by atoms with Gasteiger partial charge < -0.3 is 5.32 Å². The van der Waals surface area contributed by atoms with E-state index in [9.17, 15) is 4.79 Å². The van der Waals surface area contributed by atoms with E-state index in [1.807, 2.05) is 0 Å². The molecule has 1 amide bonds. The van der Waals surface area contributed by atoms with Gasteiger partial charge in [-0.3, -0.25) is 4.79 Å². The SMILES string of the molecule is NN(C(=O)CNc1ccc(Cl)cn1)C(=S)S. The van der Waals surface area contributed by atoms with Gasteiger partial charge in [0.2, 0.25) is 0 Å². The summed E-state index contributed by atoms with van der Waals surface area (Å²) in [5.74, 6) is 5.45. The highest BCUT2D eigenvalue weighted by Crippen LogP contribution is 2.09. The molecule has 8 heteroatoms. The molecule has 3 N–H and O–H groups in total. The van der Waals surface area contributed by atoms with Gasteiger partial charge in [0.15, 0.2) is 4.32 Å². The van der Waals surface area contributed by atoms with Gasteiger partial charge in [-0.05, 0) is 12.1 Å². The van der Waals surface area contributed by atoms with Gasteiger partial charge in [0.25, 0.3) is 5.91 Å². The van der Waals surface area contributed by atoms with Crippen LogP contribution in [0.5, 0.6) is 0 Å². The fraction of sp³-hybridized carbons (Fsp3) is 0.125. The highest BCUT2D eigenvalue weighted by Gasteiger charge is 2.11. The third kappa shape index (κ3) is 3.93. The van der Waals surface area contributed by atoms with Crippen LogP contribution in [-0.4, -0.2) is 26.8 Å². The molecule has 16 heavy (non-hydrogen) atoms. The number of hydrogen-bond donors (Lipinski definition) is 3. The number of nitrogens with two attached hydrogens (primary N) is 1. The zero-order valence-corrected chi connectivity index (χ0v) is 10.5. The minimum atomic E-state index is -0.406. The van der Waals surface area contributed by atoms with E-state index in [-0.39, 0.29) is 10.9 Å². The number of carbonyl (C=O) groups excluding carboxylic acids is 1. The molecule has 1 rings (SSSR count). The number of pyridine rings is 1. The Balaban J connectivity index is 2.49. The van der Waals surface area contributed by atoms with Crippen LogP contribution in [0, 0.1) is 0 Å². The second-order valence-corrected chi connectivity index (χ2v) is 4.31. The van der Waals surface area contributed by atoms with Crippen LogP contribution in [-0.2, 0) is 4.79 Å². The first kappa shape index (κ1) is 13.2. The first-order valence-corrected chi connectivity index (χ1v) is 5.40. The van der Waals surface area contributed by atoms with Gasteiger partial charge in [0, 0.05) is 6.20 Å². The molecule has 0 saturated heterocycles. The van der Waals surface area contributed by atoms with E-state index in [0.717, 1.165) is 5.01 Å². The summed E-state index contributed by atoms with van der Waals surface area (Å²) in [5.41, 5.74) is 0. The molecular formula is C8H9ClN4OS2. The van der Waals surface area contributed by atoms with Crippen LogP contribution in [0.3, 0.4) is 0 Å². The molecule has 0 spiro atoms. The number of rotatable bonds is 3. The van der Waals surface area contributed by atoms with Crippen LogP contribution in [0.2, 0.25) is 5.02 Å². The maximum Gasteiger partial charge on any atom is 0.261 e. The van der Waals surface area contributed by atoms with Crippen LogP contribution in [0.1, 0.15) is 0 Å². The molecule has 5 nitrogen and oxygen atoms in total. The minimum absolute atomic E-state index is 0.0101. The van der Waals surface area contributed by atoms with E-state index >= 15 is 0 Å². The first-order chi connectivity index (χ1) is 7.50. The number of hydrogen-bond acceptors (Lipinski definition) is 5. The molecule has 0 atom stereocenters. The number of anilines is 1. The number of nitrogens with one attached hydrogen (secondary N) is 1. The van der Waals surface area contributed by atoms with Crippen LogP contribution in [0.4, 0.5) is 5.82 Å². The lowest BCUT2D eigenvalue weighted by atomic mass is 10.4. The predicted molar refractivity (Wildman–Crippen MR) is 70.4 cm³/mol. The lowest BCUT2D eigenvalue weighted by molar-refractivity contribution is -0.125. The maximum absolute atomic E-state index is 11.4. The normalized spacial score (nSPS) is 9.69. The van der Waals surface area contributed by atoms with E-state index in [1.165, 1.54) is 6.20 Å². The van der Waals surface area contributed by atoms with Crippen LogP contribution in [0.15, 0.2) is 18.3 Å². The van der Waals surface area contributed by atoms with Crippen molar-refractivity contribution in [1.29, 1.82) is 0 Å². The lowest BCUT2D eigenvalue weighted by Crippen LogP contribution is -2.42. The van der Waals surface area contributed by atoms with Crippen molar-refractivity contribution in [2.75, 3.05) is 11.9 Å². The molecule has 0 aliphatic heterocycles. The van der Waals surface area contributed by atoms with Crippen molar-refractivity contribution in [1.82, 2.24) is 9.99 Å². The number of aromatic nitrogens is 1. The Morgan fingerprint density at radius 2 is 2.38 bits per heavy atom. The predicted octanol–water partition coefficient (Wildman–Crippen LogP) is 1.06. The summed E-state index contributed by atoms with van der Waals surface area (Å²) in [6.07, 6.45) is 1.47. The van der Waals surface area contributed by atoms with Crippen molar-refractivity contribution in [2.45, 2.75) is 0 Å². The summed E-state index contributed by atoms with van der Waals surface area (Å²) in [6.45, 7) is -0.0220. The molecule has 0 aliphatic rings. The number of hydrazine groups is 1. The van der Waals surface area contributed by atoms with Gasteiger partial charge in [0.1, 0.15) is 5.82 Å². The van der Waals surface area contributed by atoms with Gasteiger partial charge in [-0.15, -0.1) is 12.6 Å². The van der Waals surface area contributed by atoms with E-state index in [2.05, 4.69) is 35.1 Å². The van der Waals surface area contributed by atoms with Gasteiger partial charge in [-0.25, -0.2) is 15.8 Å². The summed E-state index contributed by atoms with van der Waals surface area (Å²) in [7, 11) is 0. The number of nitrogens with zero attached hydrogens (tertiary/aromatic N) is 2. The van der Waals surface area contributed by atoms with Gasteiger partial charge in [-0.1, -0.05) is 23.8 Å². The van der Waals surface area contributed by atoms with Gasteiger partial charge >= 0.3 is 0 Å². The quantitative estimate of drug-likeness (QED) is 0.253. The Morgan fingerprint density at radius 3 is 2.88 bits per heavy atom. The van der Waals surface area contributed by atoms with Crippen molar-refractivity contribution >= 4 is 52.5 Å². The van der Waals surface area contributed by atoms with Gasteiger partial charge in [0.05, 0.1) is 11.6 Å². The Morgan fingerprint density at radius 1 is 1.69 bits per heavy atom. The summed E-state index contributed by atoms with van der Waals surface area (Å²) in [4.78, 5) is 15.3. The van der Waals surface area contributed by atoms with Crippen LogP contribution < -0.4 is 11.2 Å². The minimum Gasteiger partial charge on any atom is -0.361 e. The number of thiocarbonyl (C=S) groups is 1. The second-order valence-electron chi connectivity index (χ2n) is 2.76. The Bertz CT molecular complexity index is 398. The highest BCUT2D eigenvalue weighted by molar-refractivity contribution is 8.11. The summed E-state index contributed by atoms with van der Waals surface area (Å²) < 4.78 is 0.0101. The molecular weight excluding hydrogens is 268 g/mol. The summed E-state index contributed by atoms with van der Waals surface area (Å²) in [6, 6.07) is 3.31. The molecule has 0 saturated carbocycles. The number of thiol groups is 1. The Hall–Kier alpha value is -0.890. The average Bonchev–Trinajstić information content (AvgIpc) is 2.26. The van der Waals surface area contributed by atoms with Crippen molar-refractivity contribution < 1.29 is 4.79 Å². The Kier molecular flexibility index (Phi) is 4.94. The van der Waals surface area contributed by atoms with Crippen molar-refractivity contribution in [3.63, 3.8) is 0 Å². The number of carbonyl (C=O) groups is 1. The van der Waals surface area contributed by atoms with Crippen LogP contribution >= 0.6 is 36.4 Å². The zero-order valence-electron chi connectivity index (χ0n) is 8.05. The molecule has 0 fully saturated rings. The van der Waals surface area contributed by atoms with E-state index in [1.54, 1.807) is 12.1 Å². The molecule has 1 aromatic rings. The zero-order chi connectivity index (χ0) is 12.1. The Labute approximate surface area is 108 Å². The largest absolute Gasteiger partial charge is 0.361 e. The molecule has 1 heterocycles. The molecule has 0 radical (unpaired) electrons. The first-order valence-electron chi connectivity index (χ1n) is 4.16. The van der Waals surface area contributed by atoms with Crippen molar-refractivity contribution in [3.05, 3.63) is 23.4 Å². The smallest absolute Gasteiger partial charge is 0.261 e. The average molecular weight is 277 g/mol. The lowest BCUT2D eigenvalue weighted by Gasteiger charge is -2.14. The van der Waals surface area contributed by atoms with E-state index in [4.69, 9.17) is 17.4 Å².